The number of carbonyl (C=O) groups excluding carboxylic acids is 2. The van der Waals surface area contributed by atoms with Crippen LogP contribution in [-0.2, 0) is 9.59 Å². The Balaban J connectivity index is 2.74. The lowest BCUT2D eigenvalue weighted by Gasteiger charge is -2.13. The summed E-state index contributed by atoms with van der Waals surface area (Å²) < 4.78 is 0. The van der Waals surface area contributed by atoms with Gasteiger partial charge < -0.3 is 5.32 Å². The third kappa shape index (κ3) is 1.74. The highest BCUT2D eigenvalue weighted by Gasteiger charge is 2.47. The highest BCUT2D eigenvalue weighted by atomic mass is 16.2. The van der Waals surface area contributed by atoms with Crippen molar-refractivity contribution in [3.63, 3.8) is 0 Å². The molecule has 0 saturated carbocycles. The molecule has 1 heterocycles. The van der Waals surface area contributed by atoms with E-state index in [1.807, 2.05) is 13.8 Å². The first-order chi connectivity index (χ1) is 5.85. The van der Waals surface area contributed by atoms with Crippen LogP contribution >= 0.6 is 0 Å². The van der Waals surface area contributed by atoms with Crippen molar-refractivity contribution in [1.29, 1.82) is 0 Å². The number of nitrogens with one attached hydrogen (secondary N) is 1. The highest BCUT2D eigenvalue weighted by Crippen LogP contribution is 2.27. The number of hydrogen-bond donors (Lipinski definition) is 1. The van der Waals surface area contributed by atoms with E-state index in [0.717, 1.165) is 6.42 Å². The Hall–Kier alpha value is -0.860. The molecule has 1 saturated heterocycles. The summed E-state index contributed by atoms with van der Waals surface area (Å²) in [4.78, 5) is 23.1. The van der Waals surface area contributed by atoms with Crippen molar-refractivity contribution >= 4 is 11.7 Å². The van der Waals surface area contributed by atoms with Crippen LogP contribution in [0.3, 0.4) is 0 Å². The average Bonchev–Trinajstić information content (AvgIpc) is 2.15. The second kappa shape index (κ2) is 3.13. The van der Waals surface area contributed by atoms with Crippen molar-refractivity contribution in [2.75, 3.05) is 0 Å². The van der Waals surface area contributed by atoms with Crippen molar-refractivity contribution in [2.45, 2.75) is 40.2 Å². The van der Waals surface area contributed by atoms with Crippen molar-refractivity contribution in [1.82, 2.24) is 5.32 Å². The number of ketones is 1. The molecule has 0 aromatic carbocycles. The zero-order valence-electron chi connectivity index (χ0n) is 8.68. The molecule has 3 nitrogen and oxygen atoms in total. The van der Waals surface area contributed by atoms with Crippen LogP contribution in [0.25, 0.3) is 0 Å². The van der Waals surface area contributed by atoms with E-state index in [1.165, 1.54) is 0 Å². The predicted molar refractivity (Wildman–Crippen MR) is 50.2 cm³/mol. The zero-order valence-corrected chi connectivity index (χ0v) is 8.68. The summed E-state index contributed by atoms with van der Waals surface area (Å²) in [5.74, 6) is 0.331. The van der Waals surface area contributed by atoms with E-state index in [9.17, 15) is 9.59 Å². The largest absolute Gasteiger partial charge is 0.345 e. The normalized spacial score (nSPS) is 26.7. The Labute approximate surface area is 78.9 Å². The van der Waals surface area contributed by atoms with Gasteiger partial charge in [0, 0.05) is 0 Å². The summed E-state index contributed by atoms with van der Waals surface area (Å²) in [6, 6.07) is -0.262. The monoisotopic (exact) mass is 183 g/mol. The fourth-order valence-corrected chi connectivity index (χ4v) is 1.59. The Morgan fingerprint density at radius 3 is 2.23 bits per heavy atom. The molecule has 3 heteroatoms. The maximum absolute atomic E-state index is 11.7. The highest BCUT2D eigenvalue weighted by molar-refractivity contribution is 6.13. The van der Waals surface area contributed by atoms with E-state index >= 15 is 0 Å². The van der Waals surface area contributed by atoms with Crippen LogP contribution in [-0.4, -0.2) is 17.7 Å². The summed E-state index contributed by atoms with van der Waals surface area (Å²) in [7, 11) is 0. The van der Waals surface area contributed by atoms with Gasteiger partial charge in [0.1, 0.15) is 5.41 Å². The minimum absolute atomic E-state index is 0.0335. The SMILES string of the molecule is CC(C)CC1NC(=O)C(C)(C)C1=O. The molecule has 0 bridgehead atoms. The summed E-state index contributed by atoms with van der Waals surface area (Å²) in [6.45, 7) is 7.46. The van der Waals surface area contributed by atoms with Crippen LogP contribution in [0.1, 0.15) is 34.1 Å². The van der Waals surface area contributed by atoms with Crippen LogP contribution in [0.15, 0.2) is 0 Å². The molecule has 0 aromatic heterocycles. The molecule has 0 radical (unpaired) electrons. The van der Waals surface area contributed by atoms with Gasteiger partial charge in [-0.2, -0.15) is 0 Å². The molecule has 0 aliphatic carbocycles. The van der Waals surface area contributed by atoms with E-state index in [-0.39, 0.29) is 17.7 Å². The second-order valence-electron chi connectivity index (χ2n) is 4.64. The van der Waals surface area contributed by atoms with Crippen LogP contribution in [0.2, 0.25) is 0 Å². The maximum atomic E-state index is 11.7. The fraction of sp³-hybridized carbons (Fsp3) is 0.800. The molecule has 0 aromatic rings. The van der Waals surface area contributed by atoms with E-state index < -0.39 is 5.41 Å². The van der Waals surface area contributed by atoms with Crippen LogP contribution < -0.4 is 5.32 Å². The van der Waals surface area contributed by atoms with Gasteiger partial charge in [0.15, 0.2) is 5.78 Å². The lowest BCUT2D eigenvalue weighted by molar-refractivity contribution is -0.133. The lowest BCUT2D eigenvalue weighted by Crippen LogP contribution is -2.30. The smallest absolute Gasteiger partial charge is 0.233 e. The molecule has 1 aliphatic heterocycles. The molecule has 1 fully saturated rings. The van der Waals surface area contributed by atoms with E-state index in [0.29, 0.717) is 5.92 Å². The Morgan fingerprint density at radius 2 is 1.92 bits per heavy atom. The third-order valence-corrected chi connectivity index (χ3v) is 2.51. The van der Waals surface area contributed by atoms with Crippen LogP contribution in [0.4, 0.5) is 0 Å². The van der Waals surface area contributed by atoms with Gasteiger partial charge in [0.25, 0.3) is 0 Å². The van der Waals surface area contributed by atoms with Gasteiger partial charge in [-0.3, -0.25) is 9.59 Å². The van der Waals surface area contributed by atoms with E-state index in [1.54, 1.807) is 13.8 Å². The molecule has 1 unspecified atom stereocenters. The molecule has 74 valence electrons. The number of rotatable bonds is 2. The topological polar surface area (TPSA) is 46.2 Å². The molecule has 1 rings (SSSR count). The van der Waals surface area contributed by atoms with Gasteiger partial charge >= 0.3 is 0 Å². The number of hydrogen-bond acceptors (Lipinski definition) is 2. The average molecular weight is 183 g/mol. The lowest BCUT2D eigenvalue weighted by atomic mass is 9.86. The first-order valence-corrected chi connectivity index (χ1v) is 4.71. The molecule has 1 atom stereocenters. The molecule has 1 N–H and O–H groups in total. The zero-order chi connectivity index (χ0) is 10.2. The number of carbonyl (C=O) groups is 2. The van der Waals surface area contributed by atoms with Gasteiger partial charge in [-0.05, 0) is 26.2 Å². The van der Waals surface area contributed by atoms with Crippen molar-refractivity contribution in [3.05, 3.63) is 0 Å². The Bertz CT molecular complexity index is 243. The first-order valence-electron chi connectivity index (χ1n) is 4.71. The summed E-state index contributed by atoms with van der Waals surface area (Å²) in [5.41, 5.74) is -0.820. The summed E-state index contributed by atoms with van der Waals surface area (Å²) >= 11 is 0. The van der Waals surface area contributed by atoms with Gasteiger partial charge in [0.05, 0.1) is 6.04 Å². The van der Waals surface area contributed by atoms with Crippen molar-refractivity contribution in [3.8, 4) is 0 Å². The van der Waals surface area contributed by atoms with Gasteiger partial charge in [-0.15, -0.1) is 0 Å². The van der Waals surface area contributed by atoms with E-state index in [2.05, 4.69) is 5.32 Å². The maximum Gasteiger partial charge on any atom is 0.233 e. The van der Waals surface area contributed by atoms with Gasteiger partial charge in [-0.1, -0.05) is 13.8 Å². The van der Waals surface area contributed by atoms with E-state index in [4.69, 9.17) is 0 Å². The van der Waals surface area contributed by atoms with Gasteiger partial charge in [0.2, 0.25) is 5.91 Å². The molecule has 1 aliphatic rings. The van der Waals surface area contributed by atoms with Crippen LogP contribution in [0.5, 0.6) is 0 Å². The second-order valence-corrected chi connectivity index (χ2v) is 4.64. The fourth-order valence-electron chi connectivity index (χ4n) is 1.59. The molecular formula is C10H17NO2. The number of amides is 1. The quantitative estimate of drug-likeness (QED) is 0.652. The summed E-state index contributed by atoms with van der Waals surface area (Å²) in [6.07, 6.45) is 0.744. The molecule has 1 amide bonds. The standard InChI is InChI=1S/C10H17NO2/c1-6(2)5-7-8(12)10(3,4)9(13)11-7/h6-7H,5H2,1-4H3,(H,11,13). The predicted octanol–water partition coefficient (Wildman–Crippen LogP) is 1.13. The Kier molecular flexibility index (Phi) is 2.46. The Morgan fingerprint density at radius 1 is 1.38 bits per heavy atom. The minimum Gasteiger partial charge on any atom is -0.345 e. The number of Topliss-reactive ketones (excluding diaryl/α,β-unsaturated/α-hetero) is 1. The van der Waals surface area contributed by atoms with Crippen LogP contribution in [0, 0.1) is 11.3 Å². The molecule has 13 heavy (non-hydrogen) atoms. The van der Waals surface area contributed by atoms with Crippen molar-refractivity contribution in [2.24, 2.45) is 11.3 Å². The molecule has 0 spiro atoms. The summed E-state index contributed by atoms with van der Waals surface area (Å²) in [5, 5.41) is 2.74. The van der Waals surface area contributed by atoms with Gasteiger partial charge in [-0.25, -0.2) is 0 Å². The van der Waals surface area contributed by atoms with Crippen molar-refractivity contribution < 1.29 is 9.59 Å². The first kappa shape index (κ1) is 10.2. The third-order valence-electron chi connectivity index (χ3n) is 2.51. The molecular weight excluding hydrogens is 166 g/mol. The minimum atomic E-state index is -0.820.